The van der Waals surface area contributed by atoms with E-state index >= 15 is 0 Å². The molecule has 45 heavy (non-hydrogen) atoms. The number of nitrogens with zero attached hydrogens (tertiary/aromatic N) is 3. The Bertz CT molecular complexity index is 1850. The Morgan fingerprint density at radius 2 is 1.33 bits per heavy atom. The molecule has 0 saturated carbocycles. The summed E-state index contributed by atoms with van der Waals surface area (Å²) in [7, 11) is 0. The third-order valence-corrected chi connectivity index (χ3v) is 7.49. The van der Waals surface area contributed by atoms with Crippen LogP contribution in [0.15, 0.2) is 64.0 Å². The fraction of sp³-hybridized carbons (Fsp3) is 0.138. The number of nitrogens with one attached hydrogen (secondary N) is 1. The van der Waals surface area contributed by atoms with Gasteiger partial charge in [0.25, 0.3) is 11.5 Å². The van der Waals surface area contributed by atoms with Crippen LogP contribution in [0.25, 0.3) is 11.8 Å². The van der Waals surface area contributed by atoms with E-state index in [1.54, 1.807) is 13.8 Å². The lowest BCUT2D eigenvalue weighted by Crippen LogP contribution is -2.23. The molecule has 1 N–H and O–H groups in total. The lowest BCUT2D eigenvalue weighted by Gasteiger charge is -2.15. The molecule has 234 valence electrons. The number of hydrogen-bond donors (Lipinski definition) is 1. The summed E-state index contributed by atoms with van der Waals surface area (Å²) in [6.07, 6.45) is 6.93. The number of aromatic nitrogens is 2. The number of aromatic amines is 1. The summed E-state index contributed by atoms with van der Waals surface area (Å²) in [4.78, 5) is 52.0. The number of ether oxygens (including phenoxy) is 2. The van der Waals surface area contributed by atoms with Gasteiger partial charge in [-0.3, -0.25) is 14.7 Å². The molecule has 0 atom stereocenters. The molecule has 4 rings (SSSR count). The van der Waals surface area contributed by atoms with Crippen molar-refractivity contribution < 1.29 is 23.9 Å². The summed E-state index contributed by atoms with van der Waals surface area (Å²) < 4.78 is 11.1. The van der Waals surface area contributed by atoms with E-state index in [0.29, 0.717) is 0 Å². The van der Waals surface area contributed by atoms with Crippen LogP contribution in [-0.4, -0.2) is 46.6 Å². The van der Waals surface area contributed by atoms with Gasteiger partial charge in [-0.05, 0) is 50.3 Å². The molecule has 1 aliphatic heterocycles. The minimum atomic E-state index is -0.851. The maximum atomic E-state index is 13.4. The number of H-pyrrole nitrogens is 1. The molecule has 1 amide bonds. The predicted octanol–water partition coefficient (Wildman–Crippen LogP) is 7.72. The third kappa shape index (κ3) is 7.33. The van der Waals surface area contributed by atoms with Gasteiger partial charge in [-0.15, -0.1) is 0 Å². The van der Waals surface area contributed by atoms with Crippen LogP contribution in [0.1, 0.15) is 29.9 Å². The molecule has 0 unspecified atom stereocenters. The highest BCUT2D eigenvalue weighted by Gasteiger charge is 2.37. The van der Waals surface area contributed by atoms with Crippen LogP contribution in [0.3, 0.4) is 0 Å². The summed E-state index contributed by atoms with van der Waals surface area (Å²) >= 11 is 37.1. The minimum absolute atomic E-state index is 0.0259. The Labute approximate surface area is 286 Å². The van der Waals surface area contributed by atoms with Crippen molar-refractivity contribution in [2.45, 2.75) is 13.8 Å². The first-order chi connectivity index (χ1) is 21.4. The highest BCUT2D eigenvalue weighted by atomic mass is 35.5. The van der Waals surface area contributed by atoms with Crippen molar-refractivity contribution in [3.63, 3.8) is 0 Å². The van der Waals surface area contributed by atoms with E-state index in [1.807, 2.05) is 0 Å². The Hall–Kier alpha value is -3.51. The van der Waals surface area contributed by atoms with Crippen molar-refractivity contribution in [1.29, 1.82) is 0 Å². The summed E-state index contributed by atoms with van der Waals surface area (Å²) in [5.41, 5.74) is -1.20. The van der Waals surface area contributed by atoms with Crippen molar-refractivity contribution in [3.8, 4) is 5.69 Å². The number of hydrogen-bond acceptors (Lipinski definition) is 7. The zero-order valence-electron chi connectivity index (χ0n) is 23.2. The average molecular weight is 733 g/mol. The molecule has 0 bridgehead atoms. The standard InChI is InChI=1S/C29H20Cl6N4O6/c1-3-44-28(42)22-16(26(40)38(36-22)24-18(32)10-14(30)11-19(24)33)8-6-5-7-9-17-23(29(43)45-4-2)37-39(27(17)41)25-20(34)12-15(31)13-21(25)35/h5-13,36H,3-4H2,1-2H3/b7-5+,8-6+,17-9-. The van der Waals surface area contributed by atoms with Gasteiger partial charge < -0.3 is 9.47 Å². The van der Waals surface area contributed by atoms with Gasteiger partial charge in [0.15, 0.2) is 11.4 Å². The molecule has 1 aromatic heterocycles. The molecule has 0 aliphatic carbocycles. The fourth-order valence-corrected chi connectivity index (χ4v) is 6.00. The van der Waals surface area contributed by atoms with Crippen LogP contribution in [0.2, 0.25) is 30.1 Å². The number of anilines is 1. The number of allylic oxidation sites excluding steroid dienone is 4. The Morgan fingerprint density at radius 1 is 0.800 bits per heavy atom. The van der Waals surface area contributed by atoms with Crippen molar-refractivity contribution in [2.75, 3.05) is 18.2 Å². The number of rotatable bonds is 9. The van der Waals surface area contributed by atoms with Crippen molar-refractivity contribution >= 4 is 105 Å². The van der Waals surface area contributed by atoms with Crippen LogP contribution in [-0.2, 0) is 19.1 Å². The highest BCUT2D eigenvalue weighted by molar-refractivity contribution is 6.54. The fourth-order valence-electron chi connectivity index (χ4n) is 4.04. The van der Waals surface area contributed by atoms with Crippen molar-refractivity contribution in [2.24, 2.45) is 5.10 Å². The first kappa shape index (κ1) is 34.4. The summed E-state index contributed by atoms with van der Waals surface area (Å²) in [5, 5.41) is 8.35. The van der Waals surface area contributed by atoms with E-state index < -0.39 is 23.4 Å². The summed E-state index contributed by atoms with van der Waals surface area (Å²) in [5.74, 6) is -2.37. The van der Waals surface area contributed by atoms with Crippen LogP contribution < -0.4 is 10.6 Å². The molecular formula is C29H20Cl6N4O6. The number of carbonyl (C=O) groups is 3. The Balaban J connectivity index is 1.70. The summed E-state index contributed by atoms with van der Waals surface area (Å²) in [6.45, 7) is 3.29. The Kier molecular flexibility index (Phi) is 11.2. The van der Waals surface area contributed by atoms with E-state index in [-0.39, 0.29) is 77.3 Å². The van der Waals surface area contributed by atoms with Crippen LogP contribution >= 0.6 is 69.6 Å². The normalized spacial score (nSPS) is 14.2. The molecule has 2 heterocycles. The first-order valence-corrected chi connectivity index (χ1v) is 15.1. The Morgan fingerprint density at radius 3 is 1.89 bits per heavy atom. The second kappa shape index (κ2) is 14.7. The van der Waals surface area contributed by atoms with E-state index in [2.05, 4.69) is 10.2 Å². The van der Waals surface area contributed by atoms with Gasteiger partial charge in [0, 0.05) is 10.0 Å². The van der Waals surface area contributed by atoms with E-state index in [4.69, 9.17) is 79.1 Å². The molecule has 16 heteroatoms. The second-order valence-corrected chi connectivity index (χ2v) is 11.3. The second-order valence-electron chi connectivity index (χ2n) is 8.81. The van der Waals surface area contributed by atoms with Gasteiger partial charge in [-0.25, -0.2) is 14.3 Å². The monoisotopic (exact) mass is 730 g/mol. The molecule has 0 fully saturated rings. The lowest BCUT2D eigenvalue weighted by molar-refractivity contribution is -0.135. The molecule has 0 saturated heterocycles. The molecule has 0 spiro atoms. The highest BCUT2D eigenvalue weighted by Crippen LogP contribution is 2.39. The maximum absolute atomic E-state index is 13.4. The molecule has 1 aliphatic rings. The van der Waals surface area contributed by atoms with Crippen LogP contribution in [0.4, 0.5) is 5.69 Å². The van der Waals surface area contributed by atoms with Gasteiger partial charge in [0.1, 0.15) is 11.4 Å². The topological polar surface area (TPSA) is 123 Å². The van der Waals surface area contributed by atoms with E-state index in [9.17, 15) is 19.2 Å². The quantitative estimate of drug-likeness (QED) is 0.137. The zero-order valence-corrected chi connectivity index (χ0v) is 27.7. The number of esters is 2. The van der Waals surface area contributed by atoms with E-state index in [0.717, 1.165) is 9.69 Å². The molecule has 3 aromatic rings. The van der Waals surface area contributed by atoms with Crippen LogP contribution in [0, 0.1) is 0 Å². The number of hydrazone groups is 1. The SMILES string of the molecule is CCOC(=O)C1=NN(c2c(Cl)cc(Cl)cc2Cl)C(=O)\C1=C/C=C/C=C/c1c(C(=O)OCC)[nH]n(-c2c(Cl)cc(Cl)cc2Cl)c1=O. The van der Waals surface area contributed by atoms with Crippen LogP contribution in [0.5, 0.6) is 0 Å². The van der Waals surface area contributed by atoms with Crippen molar-refractivity contribution in [3.05, 3.63) is 106 Å². The predicted molar refractivity (Wildman–Crippen MR) is 177 cm³/mol. The van der Waals surface area contributed by atoms with Gasteiger partial charge in [-0.1, -0.05) is 87.8 Å². The third-order valence-electron chi connectivity index (χ3n) is 5.90. The van der Waals surface area contributed by atoms with E-state index in [1.165, 1.54) is 54.6 Å². The number of halogens is 6. The van der Waals surface area contributed by atoms with Crippen molar-refractivity contribution in [1.82, 2.24) is 9.78 Å². The number of amides is 1. The maximum Gasteiger partial charge on any atom is 0.359 e. The first-order valence-electron chi connectivity index (χ1n) is 12.9. The van der Waals surface area contributed by atoms with Gasteiger partial charge >= 0.3 is 11.9 Å². The summed E-state index contributed by atoms with van der Waals surface area (Å²) in [6, 6.07) is 5.53. The van der Waals surface area contributed by atoms with Gasteiger partial charge in [0.2, 0.25) is 0 Å². The zero-order chi connectivity index (χ0) is 33.0. The lowest BCUT2D eigenvalue weighted by atomic mass is 10.1. The smallest absolute Gasteiger partial charge is 0.359 e. The molecule has 10 nitrogen and oxygen atoms in total. The minimum Gasteiger partial charge on any atom is -0.461 e. The van der Waals surface area contributed by atoms with Gasteiger partial charge in [-0.2, -0.15) is 10.1 Å². The number of benzene rings is 2. The average Bonchev–Trinajstić information content (AvgIpc) is 3.44. The largest absolute Gasteiger partial charge is 0.461 e. The number of carbonyl (C=O) groups excluding carboxylic acids is 3. The molecular weight excluding hydrogens is 713 g/mol. The molecule has 2 aromatic carbocycles. The molecule has 0 radical (unpaired) electrons. The van der Waals surface area contributed by atoms with Gasteiger partial charge in [0.05, 0.1) is 44.4 Å².